The first-order chi connectivity index (χ1) is 13.9. The third kappa shape index (κ3) is 5.60. The van der Waals surface area contributed by atoms with Gasteiger partial charge in [-0.05, 0) is 57.8 Å². The first kappa shape index (κ1) is 21.4. The summed E-state index contributed by atoms with van der Waals surface area (Å²) >= 11 is 0. The summed E-state index contributed by atoms with van der Waals surface area (Å²) in [6, 6.07) is 26.2. The molecule has 0 aliphatic carbocycles. The molecule has 0 bridgehead atoms. The first-order valence-corrected chi connectivity index (χ1v) is 13.7. The van der Waals surface area contributed by atoms with Gasteiger partial charge in [-0.1, -0.05) is 94.5 Å². The molecule has 0 amide bonds. The monoisotopic (exact) mass is 402 g/mol. The molecular weight excluding hydrogens is 368 g/mol. The fourth-order valence-electron chi connectivity index (χ4n) is 3.35. The van der Waals surface area contributed by atoms with E-state index >= 15 is 0 Å². The number of aryl methyl sites for hydroxylation is 1. The Balaban J connectivity index is 1.81. The van der Waals surface area contributed by atoms with E-state index in [1.807, 2.05) is 0 Å². The van der Waals surface area contributed by atoms with Gasteiger partial charge in [0.1, 0.15) is 5.75 Å². The van der Waals surface area contributed by atoms with E-state index in [0.717, 1.165) is 25.2 Å². The van der Waals surface area contributed by atoms with Crippen molar-refractivity contribution < 1.29 is 4.74 Å². The lowest BCUT2D eigenvalue weighted by molar-refractivity contribution is 0.276. The molecule has 3 aromatic rings. The van der Waals surface area contributed by atoms with Gasteiger partial charge in [0, 0.05) is 8.80 Å². The van der Waals surface area contributed by atoms with Gasteiger partial charge in [-0.15, -0.1) is 0 Å². The minimum Gasteiger partial charge on any atom is -0.493 e. The standard InChI is InChI=1S/C27H34OSi/c1-6-23-19-25(28-20-27(2,3)29(4)5)15-16-26(23)24-14-10-13-22(18-24)17-21-11-8-7-9-12-21/h7-16,18-19,29H,6,17,20H2,1-5H3. The molecule has 0 saturated carbocycles. The molecule has 0 N–H and O–H groups in total. The van der Waals surface area contributed by atoms with Gasteiger partial charge in [-0.25, -0.2) is 0 Å². The molecule has 0 heterocycles. The molecule has 0 atom stereocenters. The zero-order chi connectivity index (χ0) is 20.9. The molecule has 152 valence electrons. The number of benzene rings is 3. The van der Waals surface area contributed by atoms with E-state index < -0.39 is 8.80 Å². The van der Waals surface area contributed by atoms with Crippen molar-refractivity contribution in [1.82, 2.24) is 0 Å². The summed E-state index contributed by atoms with van der Waals surface area (Å²) in [5.41, 5.74) is 6.64. The highest BCUT2D eigenvalue weighted by molar-refractivity contribution is 6.59. The zero-order valence-corrected chi connectivity index (χ0v) is 19.7. The van der Waals surface area contributed by atoms with Crippen LogP contribution >= 0.6 is 0 Å². The summed E-state index contributed by atoms with van der Waals surface area (Å²) in [6.45, 7) is 12.5. The van der Waals surface area contributed by atoms with Crippen molar-refractivity contribution in [3.63, 3.8) is 0 Å². The molecule has 1 nitrogen and oxygen atoms in total. The van der Waals surface area contributed by atoms with Crippen molar-refractivity contribution in [2.75, 3.05) is 6.61 Å². The Bertz CT molecular complexity index is 928. The minimum absolute atomic E-state index is 0.302. The van der Waals surface area contributed by atoms with Crippen LogP contribution in [0.5, 0.6) is 5.75 Å². The maximum atomic E-state index is 6.20. The third-order valence-electron chi connectivity index (χ3n) is 6.12. The molecule has 3 rings (SSSR count). The van der Waals surface area contributed by atoms with Crippen LogP contribution in [0.25, 0.3) is 11.1 Å². The Hall–Kier alpha value is -2.32. The number of rotatable bonds is 8. The van der Waals surface area contributed by atoms with Crippen molar-refractivity contribution in [3.05, 3.63) is 89.5 Å². The van der Waals surface area contributed by atoms with Crippen molar-refractivity contribution in [2.45, 2.75) is 51.7 Å². The van der Waals surface area contributed by atoms with Gasteiger partial charge < -0.3 is 4.74 Å². The molecule has 0 aliphatic rings. The maximum Gasteiger partial charge on any atom is 0.119 e. The van der Waals surface area contributed by atoms with E-state index in [4.69, 9.17) is 4.74 Å². The molecule has 2 heteroatoms. The van der Waals surface area contributed by atoms with Crippen LogP contribution in [-0.4, -0.2) is 15.4 Å². The number of hydrogen-bond donors (Lipinski definition) is 0. The van der Waals surface area contributed by atoms with E-state index in [1.165, 1.54) is 27.8 Å². The van der Waals surface area contributed by atoms with E-state index in [-0.39, 0.29) is 0 Å². The summed E-state index contributed by atoms with van der Waals surface area (Å²) in [5, 5.41) is 0.302. The molecule has 0 saturated heterocycles. The van der Waals surface area contributed by atoms with Crippen LogP contribution in [0.4, 0.5) is 0 Å². The zero-order valence-electron chi connectivity index (χ0n) is 18.5. The van der Waals surface area contributed by atoms with Gasteiger partial charge in [-0.3, -0.25) is 0 Å². The summed E-state index contributed by atoms with van der Waals surface area (Å²) < 4.78 is 6.20. The smallest absolute Gasteiger partial charge is 0.119 e. The van der Waals surface area contributed by atoms with Gasteiger partial charge in [0.05, 0.1) is 6.61 Å². The second-order valence-electron chi connectivity index (χ2n) is 8.97. The third-order valence-corrected chi connectivity index (χ3v) is 9.41. The van der Waals surface area contributed by atoms with Crippen LogP contribution in [-0.2, 0) is 12.8 Å². The van der Waals surface area contributed by atoms with Gasteiger partial charge >= 0.3 is 0 Å². The topological polar surface area (TPSA) is 9.23 Å². The van der Waals surface area contributed by atoms with Crippen molar-refractivity contribution in [1.29, 1.82) is 0 Å². The van der Waals surface area contributed by atoms with E-state index in [2.05, 4.69) is 107 Å². The van der Waals surface area contributed by atoms with Crippen LogP contribution in [0, 0.1) is 0 Å². The van der Waals surface area contributed by atoms with Crippen molar-refractivity contribution >= 4 is 8.80 Å². The SMILES string of the molecule is CCc1cc(OCC(C)(C)[SiH](C)C)ccc1-c1cccc(Cc2ccccc2)c1. The van der Waals surface area contributed by atoms with E-state index in [0.29, 0.717) is 5.04 Å². The highest BCUT2D eigenvalue weighted by Crippen LogP contribution is 2.32. The highest BCUT2D eigenvalue weighted by Gasteiger charge is 2.24. The molecule has 0 radical (unpaired) electrons. The van der Waals surface area contributed by atoms with Crippen LogP contribution in [0.15, 0.2) is 72.8 Å². The Morgan fingerprint density at radius 2 is 1.55 bits per heavy atom. The second kappa shape index (κ2) is 9.45. The van der Waals surface area contributed by atoms with Crippen molar-refractivity contribution in [2.24, 2.45) is 0 Å². The normalized spacial score (nSPS) is 11.7. The molecular formula is C27H34OSi. The first-order valence-electron chi connectivity index (χ1n) is 10.8. The lowest BCUT2D eigenvalue weighted by Gasteiger charge is -2.28. The average Bonchev–Trinajstić information content (AvgIpc) is 2.73. The Morgan fingerprint density at radius 3 is 2.24 bits per heavy atom. The Labute approximate surface area is 178 Å². The molecule has 0 spiro atoms. The summed E-state index contributed by atoms with van der Waals surface area (Å²) in [5.74, 6) is 0.994. The lowest BCUT2D eigenvalue weighted by Crippen LogP contribution is -2.27. The maximum absolute atomic E-state index is 6.20. The molecule has 0 unspecified atom stereocenters. The Morgan fingerprint density at radius 1 is 0.828 bits per heavy atom. The number of ether oxygens (including phenoxy) is 1. The molecule has 29 heavy (non-hydrogen) atoms. The van der Waals surface area contributed by atoms with Crippen LogP contribution in [0.3, 0.4) is 0 Å². The summed E-state index contributed by atoms with van der Waals surface area (Å²) in [6.07, 6.45) is 1.96. The highest BCUT2D eigenvalue weighted by atomic mass is 28.3. The van der Waals surface area contributed by atoms with Crippen LogP contribution in [0.1, 0.15) is 37.5 Å². The number of hydrogen-bond acceptors (Lipinski definition) is 1. The fourth-order valence-corrected chi connectivity index (χ4v) is 3.77. The molecule has 0 fully saturated rings. The predicted octanol–water partition coefficient (Wildman–Crippen LogP) is 7.15. The van der Waals surface area contributed by atoms with Crippen molar-refractivity contribution in [3.8, 4) is 16.9 Å². The molecule has 0 aliphatic heterocycles. The largest absolute Gasteiger partial charge is 0.493 e. The van der Waals surface area contributed by atoms with E-state index in [1.54, 1.807) is 0 Å². The lowest BCUT2D eigenvalue weighted by atomic mass is 9.95. The second-order valence-corrected chi connectivity index (χ2v) is 12.8. The predicted molar refractivity (Wildman–Crippen MR) is 129 cm³/mol. The van der Waals surface area contributed by atoms with Crippen LogP contribution < -0.4 is 4.74 Å². The van der Waals surface area contributed by atoms with Gasteiger partial charge in [0.2, 0.25) is 0 Å². The quantitative estimate of drug-likeness (QED) is 0.363. The summed E-state index contributed by atoms with van der Waals surface area (Å²) in [7, 11) is -0.760. The Kier molecular flexibility index (Phi) is 6.97. The van der Waals surface area contributed by atoms with Gasteiger partial charge in [0.15, 0.2) is 0 Å². The fraction of sp³-hybridized carbons (Fsp3) is 0.333. The molecule has 0 aromatic heterocycles. The molecule has 3 aromatic carbocycles. The van der Waals surface area contributed by atoms with Crippen LogP contribution in [0.2, 0.25) is 18.1 Å². The van der Waals surface area contributed by atoms with Gasteiger partial charge in [0.25, 0.3) is 0 Å². The van der Waals surface area contributed by atoms with E-state index in [9.17, 15) is 0 Å². The minimum atomic E-state index is -0.760. The average molecular weight is 403 g/mol. The van der Waals surface area contributed by atoms with Gasteiger partial charge in [-0.2, -0.15) is 0 Å². The summed E-state index contributed by atoms with van der Waals surface area (Å²) in [4.78, 5) is 0.